The van der Waals surface area contributed by atoms with Crippen LogP contribution in [0.2, 0.25) is 0 Å². The molecule has 0 aliphatic heterocycles. The monoisotopic (exact) mass is 449 g/mol. The van der Waals surface area contributed by atoms with Crippen molar-refractivity contribution in [3.63, 3.8) is 0 Å². The Labute approximate surface area is 193 Å². The fourth-order valence-corrected chi connectivity index (χ4v) is 4.54. The van der Waals surface area contributed by atoms with E-state index in [4.69, 9.17) is 4.98 Å². The van der Waals surface area contributed by atoms with E-state index < -0.39 is 0 Å². The van der Waals surface area contributed by atoms with Crippen LogP contribution < -0.4 is 15.6 Å². The fourth-order valence-electron chi connectivity index (χ4n) is 4.54. The molecule has 4 rings (SSSR count). The number of aromatic nitrogens is 5. The smallest absolute Gasteiger partial charge is 0.257 e. The standard InChI is InChI=1S/C24H31N7O2/c1-3-22(29(12-9-25-2)15-18-7-10-30(33)11-8-18)23-28-21-6-4-5-20(21)24(32)31(23)16-19-13-26-17-27-14-19/h7-8,10-11,13-14,17,22,25H,3-6,9,12,15-16H2,1-2H3. The Morgan fingerprint density at radius 1 is 1.21 bits per heavy atom. The highest BCUT2D eigenvalue weighted by Gasteiger charge is 2.28. The lowest BCUT2D eigenvalue weighted by molar-refractivity contribution is -0.605. The molecule has 1 N–H and O–H groups in total. The molecular weight excluding hydrogens is 418 g/mol. The van der Waals surface area contributed by atoms with Crippen LogP contribution in [-0.2, 0) is 25.9 Å². The third-order valence-corrected chi connectivity index (χ3v) is 6.20. The van der Waals surface area contributed by atoms with Crippen molar-refractivity contribution in [1.29, 1.82) is 0 Å². The number of aryl methyl sites for hydroxylation is 1. The maximum absolute atomic E-state index is 13.6. The highest BCUT2D eigenvalue weighted by atomic mass is 16.5. The summed E-state index contributed by atoms with van der Waals surface area (Å²) in [5.74, 6) is 0.790. The molecule has 0 spiro atoms. The summed E-state index contributed by atoms with van der Waals surface area (Å²) >= 11 is 0. The summed E-state index contributed by atoms with van der Waals surface area (Å²) in [6.07, 6.45) is 11.4. The highest BCUT2D eigenvalue weighted by molar-refractivity contribution is 5.25. The normalized spacial score (nSPS) is 13.9. The van der Waals surface area contributed by atoms with Gasteiger partial charge in [-0.1, -0.05) is 6.92 Å². The van der Waals surface area contributed by atoms with Crippen molar-refractivity contribution in [2.45, 2.75) is 51.7 Å². The first-order chi connectivity index (χ1) is 16.1. The summed E-state index contributed by atoms with van der Waals surface area (Å²) < 4.78 is 2.61. The Hall–Kier alpha value is -3.17. The van der Waals surface area contributed by atoms with Crippen LogP contribution in [0.25, 0.3) is 0 Å². The van der Waals surface area contributed by atoms with Crippen molar-refractivity contribution in [2.24, 2.45) is 0 Å². The zero-order valence-electron chi connectivity index (χ0n) is 19.3. The quantitative estimate of drug-likeness (QED) is 0.368. The van der Waals surface area contributed by atoms with E-state index in [9.17, 15) is 10.0 Å². The van der Waals surface area contributed by atoms with Crippen LogP contribution in [-0.4, -0.2) is 44.6 Å². The van der Waals surface area contributed by atoms with Gasteiger partial charge >= 0.3 is 0 Å². The lowest BCUT2D eigenvalue weighted by atomic mass is 10.1. The topological polar surface area (TPSA) is 103 Å². The Morgan fingerprint density at radius 3 is 2.67 bits per heavy atom. The van der Waals surface area contributed by atoms with E-state index in [0.717, 1.165) is 71.7 Å². The van der Waals surface area contributed by atoms with Gasteiger partial charge in [-0.15, -0.1) is 0 Å². The molecule has 0 saturated carbocycles. The zero-order chi connectivity index (χ0) is 23.2. The molecular formula is C24H31N7O2. The molecule has 3 heterocycles. The molecule has 174 valence electrons. The molecule has 0 bridgehead atoms. The van der Waals surface area contributed by atoms with Gasteiger partial charge in [0.1, 0.15) is 12.2 Å². The minimum absolute atomic E-state index is 0.0514. The number of nitrogens with one attached hydrogen (secondary N) is 1. The molecule has 0 radical (unpaired) electrons. The second-order valence-electron chi connectivity index (χ2n) is 8.45. The maximum Gasteiger partial charge on any atom is 0.257 e. The molecule has 9 heteroatoms. The lowest BCUT2D eigenvalue weighted by Crippen LogP contribution is -2.39. The van der Waals surface area contributed by atoms with Gasteiger partial charge in [-0.3, -0.25) is 14.3 Å². The van der Waals surface area contributed by atoms with Gasteiger partial charge in [-0.25, -0.2) is 15.0 Å². The number of nitrogens with zero attached hydrogens (tertiary/aromatic N) is 6. The number of fused-ring (bicyclic) bond motifs is 1. The van der Waals surface area contributed by atoms with Gasteiger partial charge in [-0.2, -0.15) is 4.73 Å². The summed E-state index contributed by atoms with van der Waals surface area (Å²) in [6.45, 7) is 4.76. The molecule has 1 unspecified atom stereocenters. The first kappa shape index (κ1) is 23.0. The molecule has 9 nitrogen and oxygen atoms in total. The second-order valence-corrected chi connectivity index (χ2v) is 8.45. The third-order valence-electron chi connectivity index (χ3n) is 6.20. The van der Waals surface area contributed by atoms with Crippen molar-refractivity contribution in [3.8, 4) is 0 Å². The van der Waals surface area contributed by atoms with Crippen LogP contribution in [0.1, 0.15) is 54.0 Å². The number of hydrogen-bond donors (Lipinski definition) is 1. The Morgan fingerprint density at radius 2 is 1.97 bits per heavy atom. The van der Waals surface area contributed by atoms with Crippen molar-refractivity contribution in [2.75, 3.05) is 20.1 Å². The molecule has 3 aromatic rings. The average molecular weight is 450 g/mol. The number of likely N-dealkylation sites (N-methyl/N-ethyl adjacent to an activating group) is 1. The van der Waals surface area contributed by atoms with Crippen LogP contribution in [0, 0.1) is 5.21 Å². The second kappa shape index (κ2) is 10.6. The van der Waals surface area contributed by atoms with Gasteiger partial charge < -0.3 is 10.5 Å². The van der Waals surface area contributed by atoms with Crippen LogP contribution in [0.3, 0.4) is 0 Å². The lowest BCUT2D eigenvalue weighted by Gasteiger charge is -2.32. The van der Waals surface area contributed by atoms with E-state index in [0.29, 0.717) is 13.1 Å². The summed E-state index contributed by atoms with van der Waals surface area (Å²) in [6, 6.07) is 3.63. The third kappa shape index (κ3) is 5.26. The Kier molecular flexibility index (Phi) is 7.41. The number of rotatable bonds is 10. The molecule has 33 heavy (non-hydrogen) atoms. The predicted molar refractivity (Wildman–Crippen MR) is 124 cm³/mol. The van der Waals surface area contributed by atoms with Gasteiger partial charge in [0.15, 0.2) is 12.4 Å². The van der Waals surface area contributed by atoms with E-state index in [-0.39, 0.29) is 11.6 Å². The van der Waals surface area contributed by atoms with Gasteiger partial charge in [0.2, 0.25) is 0 Å². The Balaban J connectivity index is 1.76. The van der Waals surface area contributed by atoms with Crippen molar-refractivity contribution in [1.82, 2.24) is 29.7 Å². The van der Waals surface area contributed by atoms with Gasteiger partial charge in [0.05, 0.1) is 18.3 Å². The molecule has 1 aliphatic carbocycles. The SMILES string of the molecule is CCC(c1nc2c(c(=O)n1Cc1cncnc1)CCC2)N(CCNC)Cc1cc[n+]([O-])cc1. The van der Waals surface area contributed by atoms with Crippen LogP contribution in [0.5, 0.6) is 0 Å². The largest absolute Gasteiger partial charge is 0.619 e. The molecule has 3 aromatic heterocycles. The molecule has 1 atom stereocenters. The van der Waals surface area contributed by atoms with Gasteiger partial charge in [0.25, 0.3) is 5.56 Å². The van der Waals surface area contributed by atoms with E-state index in [1.165, 1.54) is 18.7 Å². The van der Waals surface area contributed by atoms with Crippen LogP contribution in [0.4, 0.5) is 0 Å². The van der Waals surface area contributed by atoms with Crippen molar-refractivity contribution in [3.05, 3.63) is 87.0 Å². The molecule has 0 amide bonds. The zero-order valence-corrected chi connectivity index (χ0v) is 19.3. The first-order valence-corrected chi connectivity index (χ1v) is 11.5. The minimum atomic E-state index is -0.0545. The molecule has 0 fully saturated rings. The summed E-state index contributed by atoms with van der Waals surface area (Å²) in [5.41, 5.74) is 3.75. The van der Waals surface area contributed by atoms with Crippen LogP contribution >= 0.6 is 0 Å². The maximum atomic E-state index is 13.6. The Bertz CT molecular complexity index is 1120. The van der Waals surface area contributed by atoms with Gasteiger partial charge in [-0.05, 0) is 38.3 Å². The van der Waals surface area contributed by atoms with E-state index in [1.54, 1.807) is 12.4 Å². The number of pyridine rings is 1. The summed E-state index contributed by atoms with van der Waals surface area (Å²) in [5, 5.41) is 14.7. The van der Waals surface area contributed by atoms with Gasteiger partial charge in [0, 0.05) is 55.3 Å². The van der Waals surface area contributed by atoms with E-state index in [2.05, 4.69) is 27.1 Å². The predicted octanol–water partition coefficient (Wildman–Crippen LogP) is 1.38. The number of hydrogen-bond acceptors (Lipinski definition) is 7. The van der Waals surface area contributed by atoms with Crippen molar-refractivity contribution < 1.29 is 4.73 Å². The minimum Gasteiger partial charge on any atom is -0.619 e. The van der Waals surface area contributed by atoms with Crippen LogP contribution in [0.15, 0.2) is 48.0 Å². The molecule has 0 aromatic carbocycles. The molecule has 1 aliphatic rings. The average Bonchev–Trinajstić information content (AvgIpc) is 3.31. The van der Waals surface area contributed by atoms with E-state index >= 15 is 0 Å². The van der Waals surface area contributed by atoms with Crippen molar-refractivity contribution >= 4 is 0 Å². The van der Waals surface area contributed by atoms with E-state index in [1.807, 2.05) is 23.7 Å². The molecule has 0 saturated heterocycles. The summed E-state index contributed by atoms with van der Waals surface area (Å²) in [4.78, 5) is 29.2. The highest BCUT2D eigenvalue weighted by Crippen LogP contribution is 2.27. The fraction of sp³-hybridized carbons (Fsp3) is 0.458. The summed E-state index contributed by atoms with van der Waals surface area (Å²) in [7, 11) is 1.93. The first-order valence-electron chi connectivity index (χ1n) is 11.5.